The van der Waals surface area contributed by atoms with Crippen LogP contribution in [0.2, 0.25) is 0 Å². The minimum atomic E-state index is -5.08. The summed E-state index contributed by atoms with van der Waals surface area (Å²) in [6.07, 6.45) is -8.25. The zero-order valence-corrected chi connectivity index (χ0v) is 21.2. The van der Waals surface area contributed by atoms with Crippen molar-refractivity contribution in [2.24, 2.45) is 0 Å². The number of halogens is 7. The van der Waals surface area contributed by atoms with Crippen molar-refractivity contribution in [1.29, 1.82) is 0 Å². The number of fused-ring (bicyclic) bond motifs is 1. The number of carboxylic acids is 1. The number of nitrogens with zero attached hydrogens (tertiary/aromatic N) is 3. The topological polar surface area (TPSA) is 84.7 Å². The molecule has 40 heavy (non-hydrogen) atoms. The Labute approximate surface area is 223 Å². The molecule has 2 aromatic carbocycles. The van der Waals surface area contributed by atoms with E-state index in [1.807, 2.05) is 0 Å². The van der Waals surface area contributed by atoms with Gasteiger partial charge in [0.2, 0.25) is 0 Å². The van der Waals surface area contributed by atoms with Gasteiger partial charge in [0.1, 0.15) is 17.7 Å². The fourth-order valence-electron chi connectivity index (χ4n) is 4.25. The van der Waals surface area contributed by atoms with Crippen molar-refractivity contribution in [2.45, 2.75) is 44.7 Å². The summed E-state index contributed by atoms with van der Waals surface area (Å²) in [4.78, 5) is 28.3. The van der Waals surface area contributed by atoms with Gasteiger partial charge in [-0.3, -0.25) is 9.36 Å². The summed E-state index contributed by atoms with van der Waals surface area (Å²) < 4.78 is 92.5. The molecule has 1 aliphatic heterocycles. The highest BCUT2D eigenvalue weighted by molar-refractivity contribution is 5.82. The lowest BCUT2D eigenvalue weighted by Crippen LogP contribution is -2.37. The van der Waals surface area contributed by atoms with Crippen molar-refractivity contribution >= 4 is 16.9 Å². The van der Waals surface area contributed by atoms with E-state index in [9.17, 15) is 35.5 Å². The normalized spacial score (nSPS) is 16.4. The van der Waals surface area contributed by atoms with Crippen LogP contribution in [0.5, 0.6) is 5.75 Å². The van der Waals surface area contributed by atoms with E-state index in [-0.39, 0.29) is 11.3 Å². The highest BCUT2D eigenvalue weighted by Gasteiger charge is 2.38. The van der Waals surface area contributed by atoms with Crippen LogP contribution in [0.4, 0.5) is 30.7 Å². The SMILES string of the molecule is Cc1nc2cccc(C(F)(F)F)c2c(=O)n1-c1ccc(OCCCN2CCC[C@H](F)C2)cc1.O=C(O)C(F)(F)F. The summed E-state index contributed by atoms with van der Waals surface area (Å²) in [6, 6.07) is 10.1. The van der Waals surface area contributed by atoms with Crippen molar-refractivity contribution in [3.8, 4) is 11.4 Å². The Hall–Kier alpha value is -3.68. The minimum Gasteiger partial charge on any atom is -0.494 e. The highest BCUT2D eigenvalue weighted by atomic mass is 19.4. The molecule has 1 aromatic heterocycles. The number of rotatable bonds is 6. The Morgan fingerprint density at radius 1 is 1.10 bits per heavy atom. The maximum absolute atomic E-state index is 13.5. The standard InChI is InChI=1S/C24H25F4N3O2.C2HF3O2/c1-16-29-21-7-2-6-20(24(26,27)28)22(21)23(32)31(16)18-8-10-19(11-9-18)33-14-4-13-30-12-3-5-17(25)15-30;3-2(4,5)1(6)7/h2,6-11,17H,3-5,12-15H2,1H3;(H,6,7)/t17-;/m0./s1. The molecule has 1 fully saturated rings. The van der Waals surface area contributed by atoms with E-state index >= 15 is 0 Å². The van der Waals surface area contributed by atoms with Crippen molar-refractivity contribution in [3.05, 3.63) is 64.2 Å². The van der Waals surface area contributed by atoms with Crippen LogP contribution in [-0.4, -0.2) is 64.1 Å². The van der Waals surface area contributed by atoms with E-state index in [2.05, 4.69) is 9.88 Å². The van der Waals surface area contributed by atoms with E-state index in [0.717, 1.165) is 32.0 Å². The number of ether oxygens (including phenoxy) is 1. The summed E-state index contributed by atoms with van der Waals surface area (Å²) in [6.45, 7) is 4.17. The number of aliphatic carboxylic acids is 1. The lowest BCUT2D eigenvalue weighted by molar-refractivity contribution is -0.192. The second-order valence-electron chi connectivity index (χ2n) is 9.04. The van der Waals surface area contributed by atoms with Crippen LogP contribution in [0.15, 0.2) is 47.3 Å². The molecular formula is C26H26F7N3O4. The molecule has 0 saturated carbocycles. The fraction of sp³-hybridized carbons (Fsp3) is 0.423. The van der Waals surface area contributed by atoms with Gasteiger partial charge < -0.3 is 14.7 Å². The number of benzene rings is 2. The number of aromatic nitrogens is 2. The Kier molecular flexibility index (Phi) is 9.77. The van der Waals surface area contributed by atoms with Crippen LogP contribution >= 0.6 is 0 Å². The largest absolute Gasteiger partial charge is 0.494 e. The second-order valence-corrected chi connectivity index (χ2v) is 9.04. The van der Waals surface area contributed by atoms with Crippen molar-refractivity contribution < 1.29 is 45.4 Å². The number of aryl methyl sites for hydroxylation is 1. The summed E-state index contributed by atoms with van der Waals surface area (Å²) in [7, 11) is 0. The second kappa shape index (κ2) is 12.7. The number of alkyl halides is 7. The van der Waals surface area contributed by atoms with Gasteiger partial charge in [0.05, 0.1) is 28.8 Å². The summed E-state index contributed by atoms with van der Waals surface area (Å²) in [5.41, 5.74) is -1.36. The summed E-state index contributed by atoms with van der Waals surface area (Å²) in [5, 5.41) is 6.67. The van der Waals surface area contributed by atoms with Crippen molar-refractivity contribution in [3.63, 3.8) is 0 Å². The van der Waals surface area contributed by atoms with E-state index in [1.165, 1.54) is 16.7 Å². The monoisotopic (exact) mass is 577 g/mol. The van der Waals surface area contributed by atoms with Crippen LogP contribution in [0.3, 0.4) is 0 Å². The van der Waals surface area contributed by atoms with Gasteiger partial charge in [-0.15, -0.1) is 0 Å². The third-order valence-corrected chi connectivity index (χ3v) is 6.04. The first kappa shape index (κ1) is 30.9. The number of carbonyl (C=O) groups is 1. The molecule has 1 aliphatic rings. The lowest BCUT2D eigenvalue weighted by Gasteiger charge is -2.28. The quantitative estimate of drug-likeness (QED) is 0.306. The molecular weight excluding hydrogens is 551 g/mol. The van der Waals surface area contributed by atoms with Gasteiger partial charge in [-0.2, -0.15) is 26.3 Å². The molecule has 0 aliphatic carbocycles. The molecule has 4 rings (SSSR count). The molecule has 218 valence electrons. The first-order valence-corrected chi connectivity index (χ1v) is 12.2. The van der Waals surface area contributed by atoms with Gasteiger partial charge in [0, 0.05) is 13.1 Å². The molecule has 2 heterocycles. The van der Waals surface area contributed by atoms with Crippen LogP contribution in [0.25, 0.3) is 16.6 Å². The van der Waals surface area contributed by atoms with E-state index in [4.69, 9.17) is 14.6 Å². The third-order valence-electron chi connectivity index (χ3n) is 6.04. The average Bonchev–Trinajstić information content (AvgIpc) is 2.86. The van der Waals surface area contributed by atoms with Gasteiger partial charge in [0.15, 0.2) is 0 Å². The third kappa shape index (κ3) is 7.93. The first-order valence-electron chi connectivity index (χ1n) is 12.2. The van der Waals surface area contributed by atoms with E-state index in [1.54, 1.807) is 31.2 Å². The maximum atomic E-state index is 13.5. The number of hydrogen-bond acceptors (Lipinski definition) is 5. The molecule has 0 unspecified atom stereocenters. The van der Waals surface area contributed by atoms with Crippen LogP contribution < -0.4 is 10.3 Å². The highest BCUT2D eigenvalue weighted by Crippen LogP contribution is 2.33. The molecule has 14 heteroatoms. The Bertz CT molecular complexity index is 1370. The van der Waals surface area contributed by atoms with E-state index in [0.29, 0.717) is 31.0 Å². The van der Waals surface area contributed by atoms with Gasteiger partial charge in [-0.25, -0.2) is 14.2 Å². The lowest BCUT2D eigenvalue weighted by atomic mass is 10.1. The Morgan fingerprint density at radius 2 is 1.75 bits per heavy atom. The predicted molar refractivity (Wildman–Crippen MR) is 131 cm³/mol. The van der Waals surface area contributed by atoms with Crippen LogP contribution in [0.1, 0.15) is 30.7 Å². The zero-order chi connectivity index (χ0) is 29.7. The molecule has 0 spiro atoms. The molecule has 1 saturated heterocycles. The minimum absolute atomic E-state index is 0.0105. The average molecular weight is 577 g/mol. The number of carboxylic acid groups (broad SMARTS) is 1. The molecule has 1 atom stereocenters. The summed E-state index contributed by atoms with van der Waals surface area (Å²) >= 11 is 0. The van der Waals surface area contributed by atoms with Gasteiger partial charge in [0.25, 0.3) is 5.56 Å². The van der Waals surface area contributed by atoms with Gasteiger partial charge >= 0.3 is 18.3 Å². The van der Waals surface area contributed by atoms with Gasteiger partial charge in [-0.05, 0) is 69.1 Å². The van der Waals surface area contributed by atoms with Crippen molar-refractivity contribution in [2.75, 3.05) is 26.2 Å². The number of piperidine rings is 1. The van der Waals surface area contributed by atoms with Crippen molar-refractivity contribution in [1.82, 2.24) is 14.5 Å². The first-order chi connectivity index (χ1) is 18.7. The molecule has 0 bridgehead atoms. The van der Waals surface area contributed by atoms with E-state index < -0.39 is 41.0 Å². The summed E-state index contributed by atoms with van der Waals surface area (Å²) in [5.74, 6) is -1.89. The molecule has 7 nitrogen and oxygen atoms in total. The Balaban J connectivity index is 0.000000559. The Morgan fingerprint density at radius 3 is 2.33 bits per heavy atom. The smallest absolute Gasteiger partial charge is 0.490 e. The zero-order valence-electron chi connectivity index (χ0n) is 21.2. The molecule has 0 radical (unpaired) electrons. The molecule has 0 amide bonds. The number of hydrogen-bond donors (Lipinski definition) is 1. The van der Waals surface area contributed by atoms with Crippen LogP contribution in [0, 0.1) is 6.92 Å². The molecule has 3 aromatic rings. The maximum Gasteiger partial charge on any atom is 0.490 e. The van der Waals surface area contributed by atoms with Crippen LogP contribution in [-0.2, 0) is 11.0 Å². The molecule has 1 N–H and O–H groups in total. The fourth-order valence-corrected chi connectivity index (χ4v) is 4.25. The number of likely N-dealkylation sites (tertiary alicyclic amines) is 1. The predicted octanol–water partition coefficient (Wildman–Crippen LogP) is 5.55. The van der Waals surface area contributed by atoms with Gasteiger partial charge in [-0.1, -0.05) is 6.07 Å².